The Hall–Kier alpha value is -5.62. The van der Waals surface area contributed by atoms with Gasteiger partial charge in [-0.2, -0.15) is 0 Å². The zero-order valence-corrected chi connectivity index (χ0v) is 47.5. The molecule has 0 saturated carbocycles. The van der Waals surface area contributed by atoms with Gasteiger partial charge in [0.1, 0.15) is 45.3 Å². The number of aromatic hydroxyl groups is 2. The molecule has 21 nitrogen and oxygen atoms in total. The number of piperazine rings is 1. The molecule has 2 saturated heterocycles. The molecule has 6 aliphatic heterocycles. The molecule has 1 unspecified atom stereocenters. The van der Waals surface area contributed by atoms with Gasteiger partial charge in [-0.25, -0.2) is 18.5 Å². The highest BCUT2D eigenvalue weighted by Crippen LogP contribution is 2.51. The van der Waals surface area contributed by atoms with E-state index in [0.717, 1.165) is 6.54 Å². The second-order valence-electron chi connectivity index (χ2n) is 23.2. The summed E-state index contributed by atoms with van der Waals surface area (Å²) in [5.74, 6) is -8.56. The average molecular weight is 1110 g/mol. The molecule has 8 N–H and O–H groups in total. The summed E-state index contributed by atoms with van der Waals surface area (Å²) in [5.41, 5.74) is -2.01. The highest BCUT2D eigenvalue weighted by atomic mass is 32.2. The number of aliphatic hydroxyl groups excluding tert-OH is 2. The van der Waals surface area contributed by atoms with Crippen LogP contribution in [0.1, 0.15) is 104 Å². The van der Waals surface area contributed by atoms with E-state index in [2.05, 4.69) is 24.1 Å². The van der Waals surface area contributed by atoms with E-state index in [-0.39, 0.29) is 81.6 Å². The van der Waals surface area contributed by atoms with Gasteiger partial charge in [-0.1, -0.05) is 67.5 Å². The summed E-state index contributed by atoms with van der Waals surface area (Å²) in [4.78, 5) is 58.6. The standard InChI is InChI=1S/C56H79N7O14S/c1-29(2)28-61-19-17-55(18-20-61)58-44-41-42-49(68)35(9)52-43(41)53(70)54(10,77-52)75-25-16-37(74-11)32(6)51(76-40(65)26-39(64)63-23-21-62(22-24-63)36-14-12-13-15-38(36)78(57,72)73)34(8)48(67)33(7)47(66)31(5)27-56(71,30(3)4)60-46(50(42)69)45(44)59-55/h12-16,25,29-34,37,47-48,51,58,66-69,71H,17-24,26-28H2,1-11H3,(H2,57,72,73)/b25-16+,60-46?/t31-,32+,33+,34+,37-,47-,48+,51+,54-,56?/m0/s1. The van der Waals surface area contributed by atoms with Crippen LogP contribution in [-0.4, -0.2) is 156 Å². The Balaban J connectivity index is 1.15. The summed E-state index contributed by atoms with van der Waals surface area (Å²) in [6.07, 6.45) is -1.74. The number of rotatable bonds is 9. The van der Waals surface area contributed by atoms with Crippen molar-refractivity contribution >= 4 is 49.8 Å². The number of ether oxygens (including phenoxy) is 4. The van der Waals surface area contributed by atoms with Gasteiger partial charge in [0, 0.05) is 114 Å². The molecular weight excluding hydrogens is 1030 g/mol. The SMILES string of the molecule is CO[C@H]1/C=C/O[C@@]2(C)Oc3c(C)c(O)c4c(O)c(c5c(c4c3C2=O)NC2(CCN(CC(C)C)CC2)N=5)=NC(O)(C(C)C)C[C@H](C)[C@H](O)[C@@H](C)[C@@H](O)[C@@H](C)[C@H](OC(=O)CC(=O)N2CCN(c3ccccc3S(N)(=O)=O)CC2)[C@@H]1C. The fourth-order valence-electron chi connectivity index (χ4n) is 12.1. The maximum absolute atomic E-state index is 15.0. The van der Waals surface area contributed by atoms with Crippen LogP contribution >= 0.6 is 0 Å². The Morgan fingerprint density at radius 1 is 0.910 bits per heavy atom. The number of carbonyl (C=O) groups is 3. The van der Waals surface area contributed by atoms with Crippen LogP contribution in [0.25, 0.3) is 10.8 Å². The second-order valence-corrected chi connectivity index (χ2v) is 24.8. The summed E-state index contributed by atoms with van der Waals surface area (Å²) in [6.45, 7) is 20.7. The third-order valence-corrected chi connectivity index (χ3v) is 17.9. The molecule has 9 rings (SSSR count). The number of likely N-dealkylation sites (tertiary alicyclic amines) is 1. The number of phenolic OH excluding ortho intramolecular Hbond substituents is 2. The van der Waals surface area contributed by atoms with Crippen molar-refractivity contribution in [1.82, 2.24) is 9.80 Å². The van der Waals surface area contributed by atoms with Gasteiger partial charge in [-0.3, -0.25) is 19.4 Å². The van der Waals surface area contributed by atoms with Crippen molar-refractivity contribution in [3.05, 3.63) is 58.4 Å². The van der Waals surface area contributed by atoms with Crippen molar-refractivity contribution in [3.63, 3.8) is 0 Å². The van der Waals surface area contributed by atoms with E-state index in [1.54, 1.807) is 71.6 Å². The number of hydrogen-bond acceptors (Lipinski definition) is 19. The van der Waals surface area contributed by atoms with Crippen LogP contribution in [0.3, 0.4) is 0 Å². The van der Waals surface area contributed by atoms with Gasteiger partial charge in [-0.05, 0) is 37.0 Å². The van der Waals surface area contributed by atoms with E-state index in [4.69, 9.17) is 34.1 Å². The third kappa shape index (κ3) is 11.0. The van der Waals surface area contributed by atoms with Crippen LogP contribution in [0, 0.1) is 42.4 Å². The number of ketones is 1. The van der Waals surface area contributed by atoms with E-state index in [0.29, 0.717) is 43.2 Å². The molecule has 6 aliphatic rings. The maximum Gasteiger partial charge on any atom is 0.315 e. The molecule has 2 fully saturated rings. The van der Waals surface area contributed by atoms with Crippen molar-refractivity contribution in [2.45, 2.75) is 141 Å². The molecule has 1 amide bonds. The summed E-state index contributed by atoms with van der Waals surface area (Å²) < 4.78 is 49.3. The minimum Gasteiger partial charge on any atom is -0.507 e. The van der Waals surface area contributed by atoms with Crippen LogP contribution in [0.5, 0.6) is 17.2 Å². The second kappa shape index (κ2) is 22.1. The lowest BCUT2D eigenvalue weighted by Crippen LogP contribution is -2.50. The van der Waals surface area contributed by atoms with Crippen LogP contribution < -0.4 is 30.8 Å². The van der Waals surface area contributed by atoms with Crippen molar-refractivity contribution in [1.29, 1.82) is 0 Å². The molecular formula is C56H79N7O14S. The number of piperidine rings is 1. The first-order valence-electron chi connectivity index (χ1n) is 27.1. The first kappa shape index (κ1) is 58.5. The number of fused-ring (bicyclic) bond motifs is 12. The largest absolute Gasteiger partial charge is 0.507 e. The number of para-hydroxylation sites is 1. The van der Waals surface area contributed by atoms with Crippen molar-refractivity contribution in [2.24, 2.45) is 50.6 Å². The first-order valence-corrected chi connectivity index (χ1v) is 28.7. The zero-order valence-electron chi connectivity index (χ0n) is 46.6. The van der Waals surface area contributed by atoms with E-state index in [9.17, 15) is 43.5 Å². The van der Waals surface area contributed by atoms with Gasteiger partial charge < -0.3 is 64.5 Å². The monoisotopic (exact) mass is 1110 g/mol. The third-order valence-electron chi connectivity index (χ3n) is 16.9. The van der Waals surface area contributed by atoms with Crippen LogP contribution in [0.2, 0.25) is 0 Å². The fourth-order valence-corrected chi connectivity index (χ4v) is 12.9. The number of Topliss-reactive ketones (excluding diaryl/α,β-unsaturated/α-hetero) is 1. The molecule has 22 heteroatoms. The number of benzene rings is 3. The molecule has 3 aromatic carbocycles. The Labute approximate surface area is 456 Å². The molecule has 10 atom stereocenters. The number of esters is 1. The molecule has 0 aliphatic carbocycles. The van der Waals surface area contributed by atoms with Crippen molar-refractivity contribution in [2.75, 3.05) is 63.1 Å². The number of methoxy groups -OCH3 is 1. The number of primary sulfonamides is 1. The van der Waals surface area contributed by atoms with Gasteiger partial charge in [0.2, 0.25) is 15.9 Å². The molecule has 0 radical (unpaired) electrons. The lowest BCUT2D eigenvalue weighted by molar-refractivity contribution is -0.166. The van der Waals surface area contributed by atoms with Gasteiger partial charge in [-0.15, -0.1) is 0 Å². The smallest absolute Gasteiger partial charge is 0.315 e. The zero-order chi connectivity index (χ0) is 57.1. The van der Waals surface area contributed by atoms with E-state index in [1.165, 1.54) is 37.3 Å². The molecule has 6 heterocycles. The number of nitrogens with one attached hydrogen (secondary N) is 1. The lowest BCUT2D eigenvalue weighted by Gasteiger charge is -2.39. The predicted octanol–water partition coefficient (Wildman–Crippen LogP) is 3.82. The molecule has 1 spiro atoms. The van der Waals surface area contributed by atoms with Crippen molar-refractivity contribution in [3.8, 4) is 17.2 Å². The lowest BCUT2D eigenvalue weighted by atomic mass is 9.76. The molecule has 3 aromatic rings. The number of nitrogens with two attached hydrogens (primary N) is 1. The number of carbonyl (C=O) groups excluding carboxylic acids is 3. The van der Waals surface area contributed by atoms with Gasteiger partial charge in [0.25, 0.3) is 5.78 Å². The summed E-state index contributed by atoms with van der Waals surface area (Å²) in [6, 6.07) is 6.32. The van der Waals surface area contributed by atoms with Crippen LogP contribution in [-0.2, 0) is 33.8 Å². The van der Waals surface area contributed by atoms with Crippen LogP contribution in [0.15, 0.2) is 51.5 Å². The Bertz CT molecular complexity index is 3080. The number of anilines is 2. The Morgan fingerprint density at radius 3 is 2.18 bits per heavy atom. The number of amides is 1. The number of sulfonamides is 1. The number of aliphatic hydroxyl groups is 3. The van der Waals surface area contributed by atoms with E-state index >= 15 is 4.79 Å². The minimum absolute atomic E-state index is 0.0229. The Morgan fingerprint density at radius 2 is 1.56 bits per heavy atom. The molecule has 78 heavy (non-hydrogen) atoms. The molecule has 428 valence electrons. The predicted molar refractivity (Wildman–Crippen MR) is 290 cm³/mol. The average Bonchev–Trinajstić information content (AvgIpc) is 4.13. The number of phenols is 2. The quantitative estimate of drug-likeness (QED) is 0.0910. The normalized spacial score (nSPS) is 30.2. The molecule has 0 aromatic heterocycles. The summed E-state index contributed by atoms with van der Waals surface area (Å²) in [5, 5.41) is 71.0. The maximum atomic E-state index is 15.0. The summed E-state index contributed by atoms with van der Waals surface area (Å²) >= 11 is 0. The number of nitrogens with zero attached hydrogens (tertiary/aromatic N) is 5. The topological polar surface area (TPSA) is 296 Å². The van der Waals surface area contributed by atoms with Gasteiger partial charge >= 0.3 is 11.8 Å². The van der Waals surface area contributed by atoms with Gasteiger partial charge in [0.15, 0.2) is 11.5 Å². The van der Waals surface area contributed by atoms with E-state index in [1.807, 2.05) is 0 Å². The minimum atomic E-state index is -4.03. The highest BCUT2D eigenvalue weighted by molar-refractivity contribution is 7.89. The Kier molecular flexibility index (Phi) is 16.6. The molecule has 5 bridgehead atoms. The van der Waals surface area contributed by atoms with Crippen LogP contribution in [0.4, 0.5) is 11.4 Å². The highest BCUT2D eigenvalue weighted by Gasteiger charge is 2.51. The van der Waals surface area contributed by atoms with Crippen molar-refractivity contribution < 1.29 is 67.3 Å². The fraction of sp³-hybridized carbons (Fsp3) is 0.625. The number of hydrogen-bond donors (Lipinski definition) is 7. The first-order chi connectivity index (χ1) is 36.5. The van der Waals surface area contributed by atoms with Gasteiger partial charge in [0.05, 0.1) is 46.9 Å². The van der Waals surface area contributed by atoms with E-state index < -0.39 is 111 Å². The summed E-state index contributed by atoms with van der Waals surface area (Å²) in [7, 11) is -2.61.